The van der Waals surface area contributed by atoms with Gasteiger partial charge in [0.05, 0.1) is 31.6 Å². The van der Waals surface area contributed by atoms with E-state index < -0.39 is 0 Å². The Morgan fingerprint density at radius 3 is 2.47 bits per heavy atom. The van der Waals surface area contributed by atoms with E-state index in [-0.39, 0.29) is 6.10 Å². The maximum Gasteiger partial charge on any atom is 0.227 e. The summed E-state index contributed by atoms with van der Waals surface area (Å²) in [4.78, 5) is 18.4. The summed E-state index contributed by atoms with van der Waals surface area (Å²) in [5.74, 6) is 2.50. The molecule has 12 heteroatoms. The Bertz CT molecular complexity index is 1620. The number of piperidine rings is 1. The molecule has 2 aromatic heterocycles. The minimum absolute atomic E-state index is 0.207. The van der Waals surface area contributed by atoms with Crippen molar-refractivity contribution in [2.45, 2.75) is 38.3 Å². The molecule has 1 unspecified atom stereocenters. The largest absolute Gasteiger partial charge is 0.494 e. The van der Waals surface area contributed by atoms with Crippen LogP contribution in [0.3, 0.4) is 0 Å². The van der Waals surface area contributed by atoms with Crippen molar-refractivity contribution in [3.8, 4) is 28.7 Å². The predicted molar refractivity (Wildman–Crippen MR) is 171 cm³/mol. The Morgan fingerprint density at radius 2 is 1.78 bits per heavy atom. The molecule has 0 radical (unpaired) electrons. The first-order chi connectivity index (χ1) is 22.0. The van der Waals surface area contributed by atoms with Crippen molar-refractivity contribution in [1.82, 2.24) is 29.6 Å². The van der Waals surface area contributed by atoms with Crippen molar-refractivity contribution in [3.63, 3.8) is 0 Å². The highest BCUT2D eigenvalue weighted by Crippen LogP contribution is 2.34. The van der Waals surface area contributed by atoms with Crippen LogP contribution in [0.25, 0.3) is 11.1 Å². The van der Waals surface area contributed by atoms with Crippen molar-refractivity contribution >= 4 is 17.3 Å². The monoisotopic (exact) mass is 609 g/mol. The van der Waals surface area contributed by atoms with Crippen molar-refractivity contribution in [1.29, 1.82) is 5.26 Å². The van der Waals surface area contributed by atoms with Crippen LogP contribution in [0.4, 0.5) is 17.3 Å². The molecule has 0 bridgehead atoms. The van der Waals surface area contributed by atoms with Gasteiger partial charge in [-0.1, -0.05) is 6.07 Å². The SMILES string of the molecule is COc1cc(N2CCC(N3CCOCC3)CC2)ccc1Nc1ncc(-c2ccc(C#N)c(OC(C)Cc3ncnn3C)c2)cn1. The van der Waals surface area contributed by atoms with Crippen LogP contribution in [-0.4, -0.2) is 88.3 Å². The van der Waals surface area contributed by atoms with Gasteiger partial charge in [0.1, 0.15) is 35.8 Å². The lowest BCUT2D eigenvalue weighted by Gasteiger charge is -2.40. The van der Waals surface area contributed by atoms with E-state index in [1.807, 2.05) is 32.2 Å². The van der Waals surface area contributed by atoms with E-state index in [1.54, 1.807) is 30.3 Å². The normalized spacial score (nSPS) is 16.6. The summed E-state index contributed by atoms with van der Waals surface area (Å²) in [6.45, 7) is 7.74. The van der Waals surface area contributed by atoms with Crippen LogP contribution in [0, 0.1) is 11.3 Å². The first-order valence-electron chi connectivity index (χ1n) is 15.4. The quantitative estimate of drug-likeness (QED) is 0.278. The Morgan fingerprint density at radius 1 is 1.00 bits per heavy atom. The molecule has 4 aromatic rings. The number of morpholine rings is 1. The molecule has 0 aliphatic carbocycles. The topological polar surface area (TPSA) is 126 Å². The number of aryl methyl sites for hydroxylation is 1. The lowest BCUT2D eigenvalue weighted by molar-refractivity contribution is 0.0115. The summed E-state index contributed by atoms with van der Waals surface area (Å²) >= 11 is 0. The van der Waals surface area contributed by atoms with E-state index >= 15 is 0 Å². The summed E-state index contributed by atoms with van der Waals surface area (Å²) in [5.41, 5.74) is 4.06. The van der Waals surface area contributed by atoms with Gasteiger partial charge in [-0.05, 0) is 49.6 Å². The number of rotatable bonds is 10. The van der Waals surface area contributed by atoms with E-state index in [0.717, 1.165) is 86.3 Å². The average molecular weight is 610 g/mol. The fourth-order valence-corrected chi connectivity index (χ4v) is 5.99. The smallest absolute Gasteiger partial charge is 0.227 e. The molecule has 6 rings (SSSR count). The number of nitriles is 1. The third-order valence-corrected chi connectivity index (χ3v) is 8.51. The average Bonchev–Trinajstić information content (AvgIpc) is 3.49. The van der Waals surface area contributed by atoms with Crippen molar-refractivity contribution in [2.75, 3.05) is 56.7 Å². The number of hydrogen-bond acceptors (Lipinski definition) is 11. The van der Waals surface area contributed by atoms with Gasteiger partial charge in [0, 0.05) is 75.4 Å². The molecular formula is C33H39N9O3. The third-order valence-electron chi connectivity index (χ3n) is 8.51. The highest BCUT2D eigenvalue weighted by molar-refractivity contribution is 5.70. The van der Waals surface area contributed by atoms with Crippen LogP contribution in [0.5, 0.6) is 11.5 Å². The number of benzene rings is 2. The fourth-order valence-electron chi connectivity index (χ4n) is 5.99. The van der Waals surface area contributed by atoms with Crippen molar-refractivity contribution in [2.24, 2.45) is 7.05 Å². The van der Waals surface area contributed by atoms with Gasteiger partial charge in [-0.25, -0.2) is 15.0 Å². The second-order valence-corrected chi connectivity index (χ2v) is 11.4. The van der Waals surface area contributed by atoms with Crippen LogP contribution in [0.2, 0.25) is 0 Å². The molecule has 2 aliphatic rings. The van der Waals surface area contributed by atoms with Gasteiger partial charge < -0.3 is 24.4 Å². The van der Waals surface area contributed by atoms with Gasteiger partial charge >= 0.3 is 0 Å². The molecule has 0 saturated carbocycles. The van der Waals surface area contributed by atoms with Crippen LogP contribution in [0.15, 0.2) is 55.1 Å². The molecule has 45 heavy (non-hydrogen) atoms. The number of anilines is 3. The predicted octanol–water partition coefficient (Wildman–Crippen LogP) is 4.21. The van der Waals surface area contributed by atoms with E-state index in [9.17, 15) is 5.26 Å². The number of nitrogens with one attached hydrogen (secondary N) is 1. The minimum Gasteiger partial charge on any atom is -0.494 e. The second-order valence-electron chi connectivity index (χ2n) is 11.4. The lowest BCUT2D eigenvalue weighted by Crippen LogP contribution is -2.49. The zero-order valence-electron chi connectivity index (χ0n) is 26.0. The van der Waals surface area contributed by atoms with Gasteiger partial charge in [-0.15, -0.1) is 0 Å². The van der Waals surface area contributed by atoms with E-state index in [2.05, 4.69) is 53.4 Å². The second kappa shape index (κ2) is 13.9. The molecule has 2 aromatic carbocycles. The van der Waals surface area contributed by atoms with Crippen LogP contribution >= 0.6 is 0 Å². The highest BCUT2D eigenvalue weighted by atomic mass is 16.5. The van der Waals surface area contributed by atoms with Crippen molar-refractivity contribution < 1.29 is 14.2 Å². The Balaban J connectivity index is 1.10. The zero-order valence-corrected chi connectivity index (χ0v) is 26.0. The molecule has 2 saturated heterocycles. The van der Waals surface area contributed by atoms with Gasteiger partial charge in [-0.2, -0.15) is 10.4 Å². The Labute approximate surface area is 263 Å². The summed E-state index contributed by atoms with van der Waals surface area (Å²) in [7, 11) is 3.52. The molecule has 4 heterocycles. The summed E-state index contributed by atoms with van der Waals surface area (Å²) in [6, 6.07) is 14.5. The minimum atomic E-state index is -0.207. The number of nitrogens with zero attached hydrogens (tertiary/aromatic N) is 8. The van der Waals surface area contributed by atoms with Gasteiger partial charge in [0.2, 0.25) is 5.95 Å². The Kier molecular flexibility index (Phi) is 9.38. The van der Waals surface area contributed by atoms with E-state index in [1.165, 1.54) is 6.33 Å². The first kappa shape index (κ1) is 30.3. The molecular weight excluding hydrogens is 570 g/mol. The number of aromatic nitrogens is 5. The van der Waals surface area contributed by atoms with Gasteiger partial charge in [0.15, 0.2) is 0 Å². The Hall–Kier alpha value is -4.73. The third kappa shape index (κ3) is 7.16. The van der Waals surface area contributed by atoms with Crippen molar-refractivity contribution in [3.05, 3.63) is 66.5 Å². The lowest BCUT2D eigenvalue weighted by atomic mass is 10.0. The molecule has 2 aliphatic heterocycles. The summed E-state index contributed by atoms with van der Waals surface area (Å²) < 4.78 is 19.2. The molecule has 234 valence electrons. The molecule has 12 nitrogen and oxygen atoms in total. The zero-order chi connectivity index (χ0) is 31.2. The molecule has 2 fully saturated rings. The standard InChI is InChI=1S/C33H39N9O3/c1-23(16-32-37-22-38-40(32)2)45-30-17-24(4-5-25(30)19-34)26-20-35-33(36-21-26)39-29-7-6-28(18-31(29)43-3)41-10-8-27(9-11-41)42-12-14-44-15-13-42/h4-7,17-18,20-23,27H,8-16H2,1-3H3,(H,35,36,39). The van der Waals surface area contributed by atoms with Gasteiger partial charge in [-0.3, -0.25) is 9.58 Å². The molecule has 0 amide bonds. The maximum absolute atomic E-state index is 9.66. The number of ether oxygens (including phenoxy) is 3. The summed E-state index contributed by atoms with van der Waals surface area (Å²) in [6.07, 6.45) is 7.68. The van der Waals surface area contributed by atoms with Crippen LogP contribution in [-0.2, 0) is 18.2 Å². The highest BCUT2D eigenvalue weighted by Gasteiger charge is 2.26. The van der Waals surface area contributed by atoms with Crippen LogP contribution in [0.1, 0.15) is 31.2 Å². The summed E-state index contributed by atoms with van der Waals surface area (Å²) in [5, 5.41) is 17.1. The maximum atomic E-state index is 9.66. The first-order valence-corrected chi connectivity index (χ1v) is 15.4. The number of hydrogen-bond donors (Lipinski definition) is 1. The van der Waals surface area contributed by atoms with Gasteiger partial charge in [0.25, 0.3) is 0 Å². The molecule has 1 N–H and O–H groups in total. The van der Waals surface area contributed by atoms with E-state index in [0.29, 0.717) is 29.7 Å². The number of methoxy groups -OCH3 is 1. The fraction of sp³-hybridized carbons (Fsp3) is 0.424. The van der Waals surface area contributed by atoms with E-state index in [4.69, 9.17) is 14.2 Å². The molecule has 0 spiro atoms. The van der Waals surface area contributed by atoms with Crippen LogP contribution < -0.4 is 19.7 Å². The molecule has 1 atom stereocenters.